The predicted molar refractivity (Wildman–Crippen MR) is 103 cm³/mol. The van der Waals surface area contributed by atoms with Gasteiger partial charge in [-0.15, -0.1) is 11.8 Å². The zero-order valence-corrected chi connectivity index (χ0v) is 16.1. The van der Waals surface area contributed by atoms with Gasteiger partial charge in [0.05, 0.1) is 17.4 Å². The number of sulfonamides is 1. The van der Waals surface area contributed by atoms with E-state index in [0.29, 0.717) is 12.2 Å². The number of benzene rings is 2. The van der Waals surface area contributed by atoms with Crippen LogP contribution in [0.15, 0.2) is 53.4 Å². The van der Waals surface area contributed by atoms with Gasteiger partial charge in [0.1, 0.15) is 5.75 Å². The summed E-state index contributed by atoms with van der Waals surface area (Å²) in [6.45, 7) is 1.86. The van der Waals surface area contributed by atoms with Crippen LogP contribution in [-0.2, 0) is 14.8 Å². The van der Waals surface area contributed by atoms with E-state index in [-0.39, 0.29) is 16.2 Å². The Morgan fingerprint density at radius 1 is 1.15 bits per heavy atom. The van der Waals surface area contributed by atoms with Gasteiger partial charge in [-0.1, -0.05) is 12.1 Å². The number of nitrogens with zero attached hydrogens (tertiary/aromatic N) is 1. The number of anilines is 1. The van der Waals surface area contributed by atoms with Crippen LogP contribution in [0.4, 0.5) is 5.69 Å². The van der Waals surface area contributed by atoms with Crippen LogP contribution in [0, 0.1) is 0 Å². The van der Waals surface area contributed by atoms with Gasteiger partial charge in [-0.05, 0) is 42.0 Å². The van der Waals surface area contributed by atoms with Gasteiger partial charge in [-0.3, -0.25) is 4.79 Å². The van der Waals surface area contributed by atoms with Crippen molar-refractivity contribution in [2.75, 3.05) is 24.7 Å². The van der Waals surface area contributed by atoms with Crippen molar-refractivity contribution < 1.29 is 17.9 Å². The molecule has 1 N–H and O–H groups in total. The summed E-state index contributed by atoms with van der Waals surface area (Å²) >= 11 is 1.60. The average molecular weight is 393 g/mol. The van der Waals surface area contributed by atoms with E-state index in [1.165, 1.54) is 23.4 Å². The minimum atomic E-state index is -3.63. The lowest BCUT2D eigenvalue weighted by molar-refractivity contribution is -0.114. The summed E-state index contributed by atoms with van der Waals surface area (Å²) in [7, 11) is -2.03. The number of carbonyl (C=O) groups excluding carboxylic acids is 1. The first-order valence-corrected chi connectivity index (χ1v) is 10.6. The minimum Gasteiger partial charge on any atom is -0.497 e. The maximum Gasteiger partial charge on any atom is 0.244 e. The monoisotopic (exact) mass is 392 g/mol. The topological polar surface area (TPSA) is 75.7 Å². The van der Waals surface area contributed by atoms with Gasteiger partial charge in [-0.25, -0.2) is 8.42 Å². The van der Waals surface area contributed by atoms with Crippen molar-refractivity contribution in [1.82, 2.24) is 4.31 Å². The molecule has 3 rings (SSSR count). The van der Waals surface area contributed by atoms with E-state index in [2.05, 4.69) is 5.32 Å². The number of methoxy groups -OCH3 is 1. The molecule has 0 radical (unpaired) electrons. The summed E-state index contributed by atoms with van der Waals surface area (Å²) in [6.07, 6.45) is 0. The molecule has 2 aromatic carbocycles. The van der Waals surface area contributed by atoms with Crippen LogP contribution in [0.3, 0.4) is 0 Å². The fourth-order valence-electron chi connectivity index (χ4n) is 2.78. The number of ether oxygens (including phenoxy) is 1. The zero-order chi connectivity index (χ0) is 18.7. The lowest BCUT2D eigenvalue weighted by Crippen LogP contribution is -2.30. The highest BCUT2D eigenvalue weighted by atomic mass is 32.2. The normalized spacial score (nSPS) is 17.8. The summed E-state index contributed by atoms with van der Waals surface area (Å²) in [5.41, 5.74) is 1.49. The Kier molecular flexibility index (Phi) is 5.55. The largest absolute Gasteiger partial charge is 0.497 e. The number of amides is 1. The number of hydrogen-bond acceptors (Lipinski definition) is 5. The Bertz CT molecular complexity index is 880. The molecular formula is C18H20N2O4S2. The molecule has 6 nitrogen and oxygen atoms in total. The molecule has 1 amide bonds. The van der Waals surface area contributed by atoms with Crippen LogP contribution < -0.4 is 10.1 Å². The first-order valence-electron chi connectivity index (χ1n) is 8.07. The van der Waals surface area contributed by atoms with Gasteiger partial charge in [0.2, 0.25) is 15.9 Å². The lowest BCUT2D eigenvalue weighted by Gasteiger charge is -2.23. The van der Waals surface area contributed by atoms with Crippen molar-refractivity contribution in [3.05, 3.63) is 54.1 Å². The van der Waals surface area contributed by atoms with E-state index in [1.54, 1.807) is 31.0 Å². The van der Waals surface area contributed by atoms with Gasteiger partial charge in [0, 0.05) is 24.9 Å². The third-order valence-electron chi connectivity index (χ3n) is 4.03. The van der Waals surface area contributed by atoms with Crippen molar-refractivity contribution >= 4 is 33.4 Å². The van der Waals surface area contributed by atoms with E-state index < -0.39 is 10.0 Å². The van der Waals surface area contributed by atoms with Crippen molar-refractivity contribution in [3.63, 3.8) is 0 Å². The standard InChI is InChI=1S/C18H20N2O4S2/c1-13(21)19-15-5-9-17(10-6-15)26(22,23)20-11-12-25-18(20)14-3-7-16(24-2)8-4-14/h3-10,18H,11-12H2,1-2H3,(H,19,21)/t18-/m0/s1. The Morgan fingerprint density at radius 2 is 1.81 bits per heavy atom. The Morgan fingerprint density at radius 3 is 2.38 bits per heavy atom. The molecule has 138 valence electrons. The van der Waals surface area contributed by atoms with E-state index in [4.69, 9.17) is 4.74 Å². The summed E-state index contributed by atoms with van der Waals surface area (Å²) in [6, 6.07) is 13.7. The first-order chi connectivity index (χ1) is 12.4. The molecule has 0 saturated carbocycles. The van der Waals surface area contributed by atoms with Crippen LogP contribution in [0.1, 0.15) is 17.9 Å². The number of hydrogen-bond donors (Lipinski definition) is 1. The number of thioether (sulfide) groups is 1. The zero-order valence-electron chi connectivity index (χ0n) is 14.5. The van der Waals surface area contributed by atoms with Gasteiger partial charge in [0.15, 0.2) is 0 Å². The van der Waals surface area contributed by atoms with Crippen LogP contribution in [-0.4, -0.2) is 38.0 Å². The molecule has 1 fully saturated rings. The van der Waals surface area contributed by atoms with Crippen molar-refractivity contribution in [2.24, 2.45) is 0 Å². The summed E-state index contributed by atoms with van der Waals surface area (Å²) in [5, 5.41) is 2.37. The number of rotatable bonds is 5. The molecule has 8 heteroatoms. The second kappa shape index (κ2) is 7.69. The molecule has 1 aliphatic heterocycles. The average Bonchev–Trinajstić information content (AvgIpc) is 3.12. The molecule has 0 unspecified atom stereocenters. The minimum absolute atomic E-state index is 0.198. The Hall–Kier alpha value is -2.03. The summed E-state index contributed by atoms with van der Waals surface area (Å²) < 4.78 is 32.8. The van der Waals surface area contributed by atoms with Gasteiger partial charge < -0.3 is 10.1 Å². The molecular weight excluding hydrogens is 372 g/mol. The lowest BCUT2D eigenvalue weighted by atomic mass is 10.2. The highest BCUT2D eigenvalue weighted by Crippen LogP contribution is 2.41. The van der Waals surface area contributed by atoms with Crippen molar-refractivity contribution in [3.8, 4) is 5.75 Å². The van der Waals surface area contributed by atoms with Crippen molar-refractivity contribution in [2.45, 2.75) is 17.2 Å². The summed E-state index contributed by atoms with van der Waals surface area (Å²) in [4.78, 5) is 11.3. The molecule has 0 aromatic heterocycles. The second-order valence-electron chi connectivity index (χ2n) is 5.82. The van der Waals surface area contributed by atoms with Crippen LogP contribution >= 0.6 is 11.8 Å². The third kappa shape index (κ3) is 3.87. The highest BCUT2D eigenvalue weighted by Gasteiger charge is 2.36. The first kappa shape index (κ1) is 18.8. The number of nitrogens with one attached hydrogen (secondary N) is 1. The number of carbonyl (C=O) groups is 1. The molecule has 0 aliphatic carbocycles. The third-order valence-corrected chi connectivity index (χ3v) is 7.30. The molecule has 26 heavy (non-hydrogen) atoms. The predicted octanol–water partition coefficient (Wildman–Crippen LogP) is 3.09. The Labute approximate surface area is 157 Å². The van der Waals surface area contributed by atoms with E-state index in [0.717, 1.165) is 17.1 Å². The fraction of sp³-hybridized carbons (Fsp3) is 0.278. The van der Waals surface area contributed by atoms with Crippen molar-refractivity contribution in [1.29, 1.82) is 0 Å². The molecule has 0 spiro atoms. The Balaban J connectivity index is 1.86. The van der Waals surface area contributed by atoms with E-state index >= 15 is 0 Å². The van der Waals surface area contributed by atoms with Gasteiger partial charge in [0.25, 0.3) is 0 Å². The molecule has 0 bridgehead atoms. The van der Waals surface area contributed by atoms with Crippen LogP contribution in [0.25, 0.3) is 0 Å². The summed E-state index contributed by atoms with van der Waals surface area (Å²) in [5.74, 6) is 1.27. The van der Waals surface area contributed by atoms with Gasteiger partial charge >= 0.3 is 0 Å². The second-order valence-corrected chi connectivity index (χ2v) is 8.90. The van der Waals surface area contributed by atoms with E-state index in [9.17, 15) is 13.2 Å². The van der Waals surface area contributed by atoms with Gasteiger partial charge in [-0.2, -0.15) is 4.31 Å². The van der Waals surface area contributed by atoms with Crippen LogP contribution in [0.2, 0.25) is 0 Å². The maximum atomic E-state index is 13.1. The molecule has 1 heterocycles. The highest BCUT2D eigenvalue weighted by molar-refractivity contribution is 8.01. The molecule has 1 atom stereocenters. The molecule has 1 aliphatic rings. The fourth-order valence-corrected chi connectivity index (χ4v) is 6.02. The molecule has 2 aromatic rings. The molecule has 1 saturated heterocycles. The SMILES string of the molecule is COc1ccc([C@@H]2SCCN2S(=O)(=O)c2ccc(NC(C)=O)cc2)cc1. The van der Waals surface area contributed by atoms with Crippen LogP contribution in [0.5, 0.6) is 5.75 Å². The smallest absolute Gasteiger partial charge is 0.244 e. The maximum absolute atomic E-state index is 13.1. The van der Waals surface area contributed by atoms with E-state index in [1.807, 2.05) is 24.3 Å². The quantitative estimate of drug-likeness (QED) is 0.846.